The molecule has 0 bridgehead atoms. The molecule has 4 nitrogen and oxygen atoms in total. The van der Waals surface area contributed by atoms with Crippen LogP contribution in [0.25, 0.3) is 0 Å². The summed E-state index contributed by atoms with van der Waals surface area (Å²) in [6.07, 6.45) is 0.896. The van der Waals surface area contributed by atoms with Gasteiger partial charge in [-0.15, -0.1) is 0 Å². The van der Waals surface area contributed by atoms with Gasteiger partial charge < -0.3 is 10.5 Å². The van der Waals surface area contributed by atoms with E-state index in [4.69, 9.17) is 5.73 Å². The fraction of sp³-hybridized carbons (Fsp3) is 0.875. The summed E-state index contributed by atoms with van der Waals surface area (Å²) in [5.41, 5.74) is 5.39. The van der Waals surface area contributed by atoms with Crippen molar-refractivity contribution in [3.05, 3.63) is 0 Å². The summed E-state index contributed by atoms with van der Waals surface area (Å²) in [5.74, 6) is -0.207. The molecule has 0 aliphatic rings. The maximum Gasteiger partial charge on any atom is 0.319 e. The van der Waals surface area contributed by atoms with Crippen molar-refractivity contribution in [3.8, 4) is 0 Å². The van der Waals surface area contributed by atoms with E-state index in [2.05, 4.69) is 4.74 Å². The van der Waals surface area contributed by atoms with Crippen LogP contribution in [-0.2, 0) is 9.53 Å². The number of hydrogen-bond acceptors (Lipinski definition) is 4. The van der Waals surface area contributed by atoms with Crippen molar-refractivity contribution in [2.45, 2.75) is 19.4 Å². The molecule has 0 spiro atoms. The van der Waals surface area contributed by atoms with Gasteiger partial charge in [0.15, 0.2) is 0 Å². The fourth-order valence-electron chi connectivity index (χ4n) is 0.886. The molecule has 0 amide bonds. The Balaban J connectivity index is 3.69. The van der Waals surface area contributed by atoms with Crippen molar-refractivity contribution >= 4 is 5.97 Å². The van der Waals surface area contributed by atoms with Crippen molar-refractivity contribution in [2.75, 3.05) is 27.2 Å². The number of carbonyl (C=O) groups is 1. The molecule has 0 aromatic heterocycles. The molecule has 0 aromatic rings. The Bertz CT molecular complexity index is 139. The third-order valence-corrected chi connectivity index (χ3v) is 1.94. The van der Waals surface area contributed by atoms with Crippen molar-refractivity contribution in [3.63, 3.8) is 0 Å². The minimum atomic E-state index is -0.207. The normalized spacial score (nSPS) is 13.1. The van der Waals surface area contributed by atoms with Crippen LogP contribution in [0.5, 0.6) is 0 Å². The molecule has 4 heteroatoms. The van der Waals surface area contributed by atoms with Crippen molar-refractivity contribution in [1.29, 1.82) is 0 Å². The molecule has 0 aliphatic heterocycles. The Kier molecular flexibility index (Phi) is 5.66. The minimum absolute atomic E-state index is 0.207. The zero-order chi connectivity index (χ0) is 9.56. The molecule has 72 valence electrons. The number of likely N-dealkylation sites (N-methyl/N-ethyl adjacent to an activating group) is 1. The molecule has 0 saturated heterocycles. The van der Waals surface area contributed by atoms with E-state index < -0.39 is 0 Å². The lowest BCUT2D eigenvalue weighted by Crippen LogP contribution is -2.35. The van der Waals surface area contributed by atoms with Crippen LogP contribution in [0.2, 0.25) is 0 Å². The first-order valence-electron chi connectivity index (χ1n) is 4.09. The number of nitrogens with two attached hydrogens (primary N) is 1. The number of hydrogen-bond donors (Lipinski definition) is 1. The summed E-state index contributed by atoms with van der Waals surface area (Å²) in [7, 11) is 3.28. The van der Waals surface area contributed by atoms with Gasteiger partial charge in [-0.1, -0.05) is 0 Å². The highest BCUT2D eigenvalue weighted by Gasteiger charge is 2.11. The van der Waals surface area contributed by atoms with E-state index in [-0.39, 0.29) is 5.97 Å². The smallest absolute Gasteiger partial charge is 0.319 e. The molecule has 1 atom stereocenters. The molecule has 0 radical (unpaired) electrons. The van der Waals surface area contributed by atoms with Gasteiger partial charge in [0.05, 0.1) is 13.7 Å². The van der Waals surface area contributed by atoms with Gasteiger partial charge in [0.25, 0.3) is 0 Å². The Morgan fingerprint density at radius 1 is 1.67 bits per heavy atom. The Labute approximate surface area is 73.7 Å². The summed E-state index contributed by atoms with van der Waals surface area (Å²) in [6.45, 7) is 3.01. The third kappa shape index (κ3) is 4.31. The molecule has 2 N–H and O–H groups in total. The molecule has 12 heavy (non-hydrogen) atoms. The number of nitrogens with zero attached hydrogens (tertiary/aromatic N) is 1. The van der Waals surface area contributed by atoms with Gasteiger partial charge in [-0.25, -0.2) is 0 Å². The van der Waals surface area contributed by atoms with E-state index in [9.17, 15) is 4.79 Å². The van der Waals surface area contributed by atoms with Gasteiger partial charge in [-0.05, 0) is 26.9 Å². The van der Waals surface area contributed by atoms with E-state index in [1.807, 2.05) is 18.9 Å². The zero-order valence-electron chi connectivity index (χ0n) is 8.04. The monoisotopic (exact) mass is 174 g/mol. The summed E-state index contributed by atoms with van der Waals surface area (Å²) in [6, 6.07) is 0.328. The number of esters is 1. The number of ether oxygens (including phenoxy) is 1. The van der Waals surface area contributed by atoms with E-state index in [1.165, 1.54) is 7.11 Å². The van der Waals surface area contributed by atoms with Crippen LogP contribution in [0, 0.1) is 0 Å². The van der Waals surface area contributed by atoms with Gasteiger partial charge in [0.1, 0.15) is 0 Å². The fourth-order valence-corrected chi connectivity index (χ4v) is 0.886. The second kappa shape index (κ2) is 5.97. The highest BCUT2D eigenvalue weighted by atomic mass is 16.5. The van der Waals surface area contributed by atoms with E-state index >= 15 is 0 Å². The molecule has 0 aliphatic carbocycles. The number of carbonyl (C=O) groups excluding carboxylic acids is 1. The quantitative estimate of drug-likeness (QED) is 0.588. The predicted octanol–water partition coefficient (Wildman–Crippen LogP) is -0.171. The molecular formula is C8H18N2O2. The van der Waals surface area contributed by atoms with Gasteiger partial charge in [-0.2, -0.15) is 0 Å². The molecule has 0 aromatic carbocycles. The van der Waals surface area contributed by atoms with Crippen LogP contribution >= 0.6 is 0 Å². The molecule has 0 heterocycles. The highest BCUT2D eigenvalue weighted by Crippen LogP contribution is 1.98. The summed E-state index contributed by atoms with van der Waals surface area (Å²) >= 11 is 0. The van der Waals surface area contributed by atoms with Crippen LogP contribution in [0.3, 0.4) is 0 Å². The molecule has 0 saturated carbocycles. The summed E-state index contributed by atoms with van der Waals surface area (Å²) in [4.78, 5) is 12.8. The number of methoxy groups -OCH3 is 1. The van der Waals surface area contributed by atoms with Crippen molar-refractivity contribution in [2.24, 2.45) is 5.73 Å². The van der Waals surface area contributed by atoms with Gasteiger partial charge in [-0.3, -0.25) is 9.69 Å². The van der Waals surface area contributed by atoms with Crippen LogP contribution in [-0.4, -0.2) is 44.2 Å². The molecule has 1 unspecified atom stereocenters. The Morgan fingerprint density at radius 2 is 2.25 bits per heavy atom. The van der Waals surface area contributed by atoms with Crippen LogP contribution < -0.4 is 5.73 Å². The Morgan fingerprint density at radius 3 is 2.67 bits per heavy atom. The average molecular weight is 174 g/mol. The maximum atomic E-state index is 10.8. The molecular weight excluding hydrogens is 156 g/mol. The SMILES string of the molecule is COC(=O)CN(C)C(C)CCN. The topological polar surface area (TPSA) is 55.6 Å². The molecule has 0 fully saturated rings. The van der Waals surface area contributed by atoms with Gasteiger partial charge >= 0.3 is 5.97 Å². The standard InChI is InChI=1S/C8H18N2O2/c1-7(4-5-9)10(2)6-8(11)12-3/h7H,4-6,9H2,1-3H3. The zero-order valence-corrected chi connectivity index (χ0v) is 8.04. The second-order valence-corrected chi connectivity index (χ2v) is 2.92. The maximum absolute atomic E-state index is 10.8. The first-order chi connectivity index (χ1) is 5.61. The number of rotatable bonds is 5. The lowest BCUT2D eigenvalue weighted by Gasteiger charge is -2.22. The first kappa shape index (κ1) is 11.4. The van der Waals surface area contributed by atoms with E-state index in [0.717, 1.165) is 6.42 Å². The van der Waals surface area contributed by atoms with Crippen LogP contribution in [0.1, 0.15) is 13.3 Å². The van der Waals surface area contributed by atoms with Gasteiger partial charge in [0, 0.05) is 6.04 Å². The second-order valence-electron chi connectivity index (χ2n) is 2.92. The third-order valence-electron chi connectivity index (χ3n) is 1.94. The van der Waals surface area contributed by atoms with Gasteiger partial charge in [0.2, 0.25) is 0 Å². The first-order valence-corrected chi connectivity index (χ1v) is 4.09. The largest absolute Gasteiger partial charge is 0.468 e. The lowest BCUT2D eigenvalue weighted by atomic mass is 10.2. The summed E-state index contributed by atoms with van der Waals surface area (Å²) in [5, 5.41) is 0. The Hall–Kier alpha value is -0.610. The van der Waals surface area contributed by atoms with Crippen molar-refractivity contribution in [1.82, 2.24) is 4.90 Å². The predicted molar refractivity (Wildman–Crippen MR) is 47.8 cm³/mol. The van der Waals surface area contributed by atoms with E-state index in [0.29, 0.717) is 19.1 Å². The van der Waals surface area contributed by atoms with Crippen LogP contribution in [0.4, 0.5) is 0 Å². The van der Waals surface area contributed by atoms with Crippen molar-refractivity contribution < 1.29 is 9.53 Å². The minimum Gasteiger partial charge on any atom is -0.468 e. The van der Waals surface area contributed by atoms with Crippen LogP contribution in [0.15, 0.2) is 0 Å². The average Bonchev–Trinajstić information content (AvgIpc) is 2.04. The highest BCUT2D eigenvalue weighted by molar-refractivity contribution is 5.71. The molecule has 0 rings (SSSR count). The lowest BCUT2D eigenvalue weighted by molar-refractivity contribution is -0.142. The van der Waals surface area contributed by atoms with E-state index in [1.54, 1.807) is 0 Å². The summed E-state index contributed by atoms with van der Waals surface area (Å²) < 4.78 is 4.54.